The Hall–Kier alpha value is -0.610. The van der Waals surface area contributed by atoms with Crippen molar-refractivity contribution in [3.05, 3.63) is 0 Å². The molecule has 16 heavy (non-hydrogen) atoms. The fourth-order valence-corrected chi connectivity index (χ4v) is 2.05. The highest BCUT2D eigenvalue weighted by atomic mass is 16.5. The second kappa shape index (κ2) is 4.34. The molecule has 4 nitrogen and oxygen atoms in total. The molecule has 1 aliphatic heterocycles. The lowest BCUT2D eigenvalue weighted by molar-refractivity contribution is -0.165. The molecule has 94 valence electrons. The van der Waals surface area contributed by atoms with Crippen LogP contribution in [0.3, 0.4) is 0 Å². The number of morpholine rings is 1. The number of carbonyl (C=O) groups excluding carboxylic acids is 1. The number of ether oxygens (including phenoxy) is 1. The normalized spacial score (nSPS) is 25.6. The van der Waals surface area contributed by atoms with Crippen molar-refractivity contribution in [2.24, 2.45) is 11.1 Å². The molecule has 1 fully saturated rings. The molecule has 0 aromatic heterocycles. The summed E-state index contributed by atoms with van der Waals surface area (Å²) in [5.41, 5.74) is 4.99. The van der Waals surface area contributed by atoms with Crippen LogP contribution in [0.25, 0.3) is 0 Å². The molecular weight excluding hydrogens is 204 g/mol. The summed E-state index contributed by atoms with van der Waals surface area (Å²) in [4.78, 5) is 14.1. The summed E-state index contributed by atoms with van der Waals surface area (Å²) >= 11 is 0. The first-order chi connectivity index (χ1) is 7.15. The van der Waals surface area contributed by atoms with E-state index in [-0.39, 0.29) is 23.0 Å². The fourth-order valence-electron chi connectivity index (χ4n) is 2.05. The van der Waals surface area contributed by atoms with Gasteiger partial charge in [-0.25, -0.2) is 0 Å². The van der Waals surface area contributed by atoms with Crippen LogP contribution in [0, 0.1) is 5.41 Å². The molecule has 1 rings (SSSR count). The molecule has 0 saturated carbocycles. The number of nitrogens with zero attached hydrogens (tertiary/aromatic N) is 1. The van der Waals surface area contributed by atoms with Crippen LogP contribution in [-0.4, -0.2) is 42.1 Å². The average Bonchev–Trinajstić information content (AvgIpc) is 2.12. The van der Waals surface area contributed by atoms with E-state index in [1.165, 1.54) is 0 Å². The third-order valence-electron chi connectivity index (χ3n) is 2.67. The van der Waals surface area contributed by atoms with Crippen molar-refractivity contribution in [3.8, 4) is 0 Å². The van der Waals surface area contributed by atoms with Crippen molar-refractivity contribution >= 4 is 5.91 Å². The van der Waals surface area contributed by atoms with Gasteiger partial charge in [-0.2, -0.15) is 0 Å². The number of amides is 1. The van der Waals surface area contributed by atoms with Crippen LogP contribution in [0.1, 0.15) is 34.6 Å². The Kier molecular flexibility index (Phi) is 3.65. The quantitative estimate of drug-likeness (QED) is 0.728. The summed E-state index contributed by atoms with van der Waals surface area (Å²) in [5.74, 6) is 0.169. The second-order valence-electron chi connectivity index (χ2n) is 6.17. The van der Waals surface area contributed by atoms with E-state index in [0.29, 0.717) is 19.6 Å². The highest BCUT2D eigenvalue weighted by Gasteiger charge is 2.38. The fraction of sp³-hybridized carbons (Fsp3) is 0.917. The Morgan fingerprint density at radius 2 is 2.06 bits per heavy atom. The van der Waals surface area contributed by atoms with Crippen LogP contribution in [0.4, 0.5) is 0 Å². The maximum absolute atomic E-state index is 12.2. The van der Waals surface area contributed by atoms with E-state index in [1.54, 1.807) is 0 Å². The molecule has 1 saturated heterocycles. The van der Waals surface area contributed by atoms with Crippen LogP contribution in [-0.2, 0) is 9.53 Å². The van der Waals surface area contributed by atoms with Crippen molar-refractivity contribution in [1.82, 2.24) is 4.90 Å². The Bertz CT molecular complexity index is 269. The molecule has 1 amide bonds. The Balaban J connectivity index is 2.78. The van der Waals surface area contributed by atoms with Crippen molar-refractivity contribution in [2.45, 2.75) is 46.3 Å². The first-order valence-electron chi connectivity index (χ1n) is 5.83. The van der Waals surface area contributed by atoms with Crippen molar-refractivity contribution < 1.29 is 9.53 Å². The van der Waals surface area contributed by atoms with Gasteiger partial charge in [0.1, 0.15) is 0 Å². The number of hydrogen-bond donors (Lipinski definition) is 1. The minimum absolute atomic E-state index is 0.0463. The van der Waals surface area contributed by atoms with Gasteiger partial charge in [-0.05, 0) is 13.8 Å². The van der Waals surface area contributed by atoms with Gasteiger partial charge in [-0.3, -0.25) is 4.79 Å². The zero-order valence-corrected chi connectivity index (χ0v) is 11.0. The lowest BCUT2D eigenvalue weighted by Crippen LogP contribution is -2.58. The SMILES string of the molecule is CC1(C)CN(C(=O)C(C)(C)C)CC(CN)O1. The van der Waals surface area contributed by atoms with Gasteiger partial charge in [0.15, 0.2) is 0 Å². The summed E-state index contributed by atoms with van der Waals surface area (Å²) in [5, 5.41) is 0. The van der Waals surface area contributed by atoms with E-state index in [4.69, 9.17) is 10.5 Å². The topological polar surface area (TPSA) is 55.6 Å². The third kappa shape index (κ3) is 3.19. The van der Waals surface area contributed by atoms with Gasteiger partial charge < -0.3 is 15.4 Å². The first kappa shape index (κ1) is 13.5. The highest BCUT2D eigenvalue weighted by Crippen LogP contribution is 2.25. The van der Waals surface area contributed by atoms with E-state index in [2.05, 4.69) is 0 Å². The van der Waals surface area contributed by atoms with Crippen LogP contribution in [0.15, 0.2) is 0 Å². The molecule has 0 bridgehead atoms. The molecule has 0 aliphatic carbocycles. The van der Waals surface area contributed by atoms with Gasteiger partial charge >= 0.3 is 0 Å². The van der Waals surface area contributed by atoms with Crippen LogP contribution < -0.4 is 5.73 Å². The van der Waals surface area contributed by atoms with Gasteiger partial charge in [0.2, 0.25) is 5.91 Å². The van der Waals surface area contributed by atoms with Crippen LogP contribution in [0.5, 0.6) is 0 Å². The minimum Gasteiger partial charge on any atom is -0.367 e. The van der Waals surface area contributed by atoms with E-state index < -0.39 is 0 Å². The zero-order chi connectivity index (χ0) is 12.6. The van der Waals surface area contributed by atoms with Gasteiger partial charge in [0.25, 0.3) is 0 Å². The van der Waals surface area contributed by atoms with Gasteiger partial charge in [0.05, 0.1) is 11.7 Å². The van der Waals surface area contributed by atoms with E-state index >= 15 is 0 Å². The Morgan fingerprint density at radius 1 is 1.50 bits per heavy atom. The molecule has 1 aliphatic rings. The van der Waals surface area contributed by atoms with E-state index in [1.807, 2.05) is 39.5 Å². The minimum atomic E-state index is -0.341. The number of rotatable bonds is 1. The maximum Gasteiger partial charge on any atom is 0.228 e. The highest BCUT2D eigenvalue weighted by molar-refractivity contribution is 5.81. The molecule has 0 radical (unpaired) electrons. The van der Waals surface area contributed by atoms with Crippen molar-refractivity contribution in [3.63, 3.8) is 0 Å². The van der Waals surface area contributed by atoms with Gasteiger partial charge in [0, 0.05) is 25.0 Å². The second-order valence-corrected chi connectivity index (χ2v) is 6.17. The molecule has 1 atom stereocenters. The molecule has 0 aromatic rings. The Morgan fingerprint density at radius 3 is 2.50 bits per heavy atom. The van der Waals surface area contributed by atoms with Crippen molar-refractivity contribution in [1.29, 1.82) is 0 Å². The van der Waals surface area contributed by atoms with Crippen LogP contribution >= 0.6 is 0 Å². The number of hydrogen-bond acceptors (Lipinski definition) is 3. The first-order valence-corrected chi connectivity index (χ1v) is 5.83. The molecule has 1 heterocycles. The standard InChI is InChI=1S/C12H24N2O2/c1-11(2,3)10(15)14-7-9(6-13)16-12(4,5)8-14/h9H,6-8,13H2,1-5H3. The lowest BCUT2D eigenvalue weighted by Gasteiger charge is -2.44. The predicted molar refractivity (Wildman–Crippen MR) is 64.0 cm³/mol. The maximum atomic E-state index is 12.2. The summed E-state index contributed by atoms with van der Waals surface area (Å²) in [6.07, 6.45) is -0.0463. The molecular formula is C12H24N2O2. The zero-order valence-electron chi connectivity index (χ0n) is 11.0. The summed E-state index contributed by atoms with van der Waals surface area (Å²) in [6, 6.07) is 0. The number of carbonyl (C=O) groups is 1. The summed E-state index contributed by atoms with van der Waals surface area (Å²) in [6.45, 7) is 11.5. The third-order valence-corrected chi connectivity index (χ3v) is 2.67. The molecule has 0 aromatic carbocycles. The van der Waals surface area contributed by atoms with E-state index in [9.17, 15) is 4.79 Å². The predicted octanol–water partition coefficient (Wildman–Crippen LogP) is 0.997. The summed E-state index contributed by atoms with van der Waals surface area (Å²) < 4.78 is 5.80. The monoisotopic (exact) mass is 228 g/mol. The van der Waals surface area contributed by atoms with Crippen LogP contribution in [0.2, 0.25) is 0 Å². The lowest BCUT2D eigenvalue weighted by atomic mass is 9.93. The summed E-state index contributed by atoms with van der Waals surface area (Å²) in [7, 11) is 0. The van der Waals surface area contributed by atoms with Gasteiger partial charge in [-0.1, -0.05) is 20.8 Å². The molecule has 0 spiro atoms. The van der Waals surface area contributed by atoms with Crippen molar-refractivity contribution in [2.75, 3.05) is 19.6 Å². The Labute approximate surface area is 98.1 Å². The smallest absolute Gasteiger partial charge is 0.228 e. The molecule has 1 unspecified atom stereocenters. The molecule has 4 heteroatoms. The van der Waals surface area contributed by atoms with E-state index in [0.717, 1.165) is 0 Å². The molecule has 2 N–H and O–H groups in total. The largest absolute Gasteiger partial charge is 0.367 e. The number of nitrogens with two attached hydrogens (primary N) is 1. The van der Waals surface area contributed by atoms with Gasteiger partial charge in [-0.15, -0.1) is 0 Å². The average molecular weight is 228 g/mol.